The summed E-state index contributed by atoms with van der Waals surface area (Å²) in [4.78, 5) is 0. The van der Waals surface area contributed by atoms with Gasteiger partial charge in [0.2, 0.25) is 0 Å². The first-order valence-corrected chi connectivity index (χ1v) is 15.5. The molecule has 2 rings (SSSR count). The van der Waals surface area contributed by atoms with Crippen LogP contribution in [0.4, 0.5) is 0 Å². The van der Waals surface area contributed by atoms with E-state index in [2.05, 4.69) is 65.8 Å². The summed E-state index contributed by atoms with van der Waals surface area (Å²) in [5.74, 6) is 0. The average molecular weight is 541 g/mol. The third-order valence-corrected chi connectivity index (χ3v) is 8.49. The molecule has 4 nitrogen and oxygen atoms in total. The molecule has 2 aromatic carbocycles. The van der Waals surface area contributed by atoms with E-state index in [4.69, 9.17) is 0 Å². The van der Waals surface area contributed by atoms with Gasteiger partial charge < -0.3 is 20.4 Å². The second-order valence-corrected chi connectivity index (χ2v) is 11.8. The first-order chi connectivity index (χ1) is 18.7. The van der Waals surface area contributed by atoms with Crippen molar-refractivity contribution in [3.05, 3.63) is 68.8 Å². The average Bonchev–Trinajstić information content (AvgIpc) is 2.93. The van der Waals surface area contributed by atoms with Crippen LogP contribution in [0.1, 0.15) is 124 Å². The van der Waals surface area contributed by atoms with Crippen molar-refractivity contribution in [3.8, 4) is 0 Å². The second-order valence-electron chi connectivity index (χ2n) is 11.8. The van der Waals surface area contributed by atoms with Crippen molar-refractivity contribution in [2.24, 2.45) is 5.41 Å². The van der Waals surface area contributed by atoms with Crippen LogP contribution in [0.25, 0.3) is 0 Å². The van der Waals surface area contributed by atoms with E-state index in [0.29, 0.717) is 0 Å². The normalized spacial score (nSPS) is 12.4. The Morgan fingerprint density at radius 1 is 0.513 bits per heavy atom. The van der Waals surface area contributed by atoms with Gasteiger partial charge in [-0.25, -0.2) is 0 Å². The van der Waals surface area contributed by atoms with E-state index in [0.717, 1.165) is 122 Å². The smallest absolute Gasteiger partial charge is 0.128 e. The van der Waals surface area contributed by atoms with Crippen molar-refractivity contribution in [3.63, 3.8) is 0 Å². The van der Waals surface area contributed by atoms with Gasteiger partial charge >= 0.3 is 0 Å². The zero-order valence-electron chi connectivity index (χ0n) is 25.7. The quantitative estimate of drug-likeness (QED) is 0.166. The minimum atomic E-state index is -1.76. The molecule has 0 unspecified atom stereocenters. The first-order valence-electron chi connectivity index (χ1n) is 15.5. The van der Waals surface area contributed by atoms with Crippen LogP contribution < -0.4 is 0 Å². The Kier molecular flexibility index (Phi) is 13.7. The van der Waals surface area contributed by atoms with Crippen LogP contribution in [0.15, 0.2) is 24.3 Å². The standard InChI is InChI=1S/C35H56O4/c1-7-11-15-28-19-26(5)20-29(16-12-8-2)32(28)35(39,34(23-36,24-37)25-38)33-30(17-13-9-3)21-27(6)22-31(33)18-14-10-4/h19-22,36-39H,7-18,23-25H2,1-6H3. The number of aliphatic hydroxyl groups is 4. The number of benzene rings is 2. The van der Waals surface area contributed by atoms with Crippen molar-refractivity contribution < 1.29 is 20.4 Å². The summed E-state index contributed by atoms with van der Waals surface area (Å²) in [7, 11) is 0. The number of unbranched alkanes of at least 4 members (excludes halogenated alkanes) is 4. The summed E-state index contributed by atoms with van der Waals surface area (Å²) in [6.45, 7) is 11.3. The van der Waals surface area contributed by atoms with E-state index in [-0.39, 0.29) is 0 Å². The molecule has 0 aliphatic rings. The topological polar surface area (TPSA) is 80.9 Å². The summed E-state index contributed by atoms with van der Waals surface area (Å²) in [6.07, 6.45) is 11.2. The largest absolute Gasteiger partial charge is 0.395 e. The molecule has 0 radical (unpaired) electrons. The Morgan fingerprint density at radius 3 is 0.974 bits per heavy atom. The van der Waals surface area contributed by atoms with Crippen molar-refractivity contribution in [1.82, 2.24) is 0 Å². The minimum Gasteiger partial charge on any atom is -0.395 e. The fraction of sp³-hybridized carbons (Fsp3) is 0.657. The maximum absolute atomic E-state index is 13.5. The summed E-state index contributed by atoms with van der Waals surface area (Å²) < 4.78 is 0. The fourth-order valence-electron chi connectivity index (χ4n) is 6.22. The molecule has 0 amide bonds. The van der Waals surface area contributed by atoms with E-state index in [1.54, 1.807) is 0 Å². The molecule has 2 aromatic rings. The molecule has 0 saturated carbocycles. The molecule has 0 heterocycles. The monoisotopic (exact) mass is 540 g/mol. The van der Waals surface area contributed by atoms with Gasteiger partial charge in [0.1, 0.15) is 5.60 Å². The zero-order chi connectivity index (χ0) is 29.1. The van der Waals surface area contributed by atoms with E-state index in [1.165, 1.54) is 0 Å². The van der Waals surface area contributed by atoms with Gasteiger partial charge in [-0.2, -0.15) is 0 Å². The first kappa shape index (κ1) is 33.5. The number of aryl methyl sites for hydroxylation is 6. The molecule has 39 heavy (non-hydrogen) atoms. The predicted molar refractivity (Wildman–Crippen MR) is 163 cm³/mol. The van der Waals surface area contributed by atoms with Crippen LogP contribution in [0.2, 0.25) is 0 Å². The highest BCUT2D eigenvalue weighted by Gasteiger charge is 2.55. The molecule has 4 N–H and O–H groups in total. The summed E-state index contributed by atoms with van der Waals surface area (Å²) in [5, 5.41) is 46.3. The van der Waals surface area contributed by atoms with Crippen molar-refractivity contribution in [2.45, 2.75) is 124 Å². The van der Waals surface area contributed by atoms with Crippen molar-refractivity contribution in [1.29, 1.82) is 0 Å². The van der Waals surface area contributed by atoms with E-state index in [9.17, 15) is 20.4 Å². The predicted octanol–water partition coefficient (Wildman–Crippen LogP) is 6.87. The molecular formula is C35H56O4. The SMILES string of the molecule is CCCCc1cc(C)cc(CCCC)c1C(O)(c1c(CCCC)cc(C)cc1CCCC)C(CO)(CO)CO. The summed E-state index contributed by atoms with van der Waals surface area (Å²) in [6, 6.07) is 8.70. The Morgan fingerprint density at radius 2 is 0.769 bits per heavy atom. The molecule has 0 bridgehead atoms. The van der Waals surface area contributed by atoms with E-state index < -0.39 is 30.8 Å². The Labute approximate surface area is 238 Å². The Bertz CT molecular complexity index is 886. The lowest BCUT2D eigenvalue weighted by Crippen LogP contribution is -2.55. The van der Waals surface area contributed by atoms with Crippen LogP contribution in [0.5, 0.6) is 0 Å². The maximum atomic E-state index is 13.5. The van der Waals surface area contributed by atoms with Gasteiger partial charge in [0.15, 0.2) is 0 Å². The van der Waals surface area contributed by atoms with E-state index in [1.807, 2.05) is 0 Å². The molecule has 0 aliphatic carbocycles. The van der Waals surface area contributed by atoms with E-state index >= 15 is 0 Å². The van der Waals surface area contributed by atoms with Gasteiger partial charge in [-0.15, -0.1) is 0 Å². The van der Waals surface area contributed by atoms with Gasteiger partial charge in [-0.3, -0.25) is 0 Å². The van der Waals surface area contributed by atoms with Crippen molar-refractivity contribution in [2.75, 3.05) is 19.8 Å². The lowest BCUT2D eigenvalue weighted by molar-refractivity contribution is -0.137. The third kappa shape index (κ3) is 7.33. The summed E-state index contributed by atoms with van der Waals surface area (Å²) in [5.41, 5.74) is 4.85. The Balaban J connectivity index is 3.18. The van der Waals surface area contributed by atoms with Crippen LogP contribution >= 0.6 is 0 Å². The lowest BCUT2D eigenvalue weighted by atomic mass is 9.61. The highest BCUT2D eigenvalue weighted by atomic mass is 16.3. The van der Waals surface area contributed by atoms with Gasteiger partial charge in [0, 0.05) is 0 Å². The molecule has 0 saturated heterocycles. The van der Waals surface area contributed by atoms with Gasteiger partial charge in [0.05, 0.1) is 25.2 Å². The second kappa shape index (κ2) is 15.9. The molecule has 0 aliphatic heterocycles. The van der Waals surface area contributed by atoms with Crippen LogP contribution in [0, 0.1) is 19.3 Å². The molecule has 220 valence electrons. The molecular weight excluding hydrogens is 484 g/mol. The molecule has 0 fully saturated rings. The zero-order valence-corrected chi connectivity index (χ0v) is 25.7. The molecule has 0 spiro atoms. The highest BCUT2D eigenvalue weighted by molar-refractivity contribution is 5.55. The number of hydrogen-bond acceptors (Lipinski definition) is 4. The number of hydrogen-bond donors (Lipinski definition) is 4. The number of aliphatic hydroxyl groups excluding tert-OH is 3. The molecule has 0 aromatic heterocycles. The van der Waals surface area contributed by atoms with Gasteiger partial charge in [0.25, 0.3) is 0 Å². The van der Waals surface area contributed by atoms with Crippen LogP contribution in [0.3, 0.4) is 0 Å². The van der Waals surface area contributed by atoms with Gasteiger partial charge in [-0.05, 0) is 98.6 Å². The van der Waals surface area contributed by atoms with Crippen LogP contribution in [-0.4, -0.2) is 40.2 Å². The highest BCUT2D eigenvalue weighted by Crippen LogP contribution is 2.51. The summed E-state index contributed by atoms with van der Waals surface area (Å²) >= 11 is 0. The third-order valence-electron chi connectivity index (χ3n) is 8.49. The maximum Gasteiger partial charge on any atom is 0.128 e. The fourth-order valence-corrected chi connectivity index (χ4v) is 6.22. The van der Waals surface area contributed by atoms with Crippen LogP contribution in [-0.2, 0) is 31.3 Å². The minimum absolute atomic E-state index is 0.529. The van der Waals surface area contributed by atoms with Crippen molar-refractivity contribution >= 4 is 0 Å². The van der Waals surface area contributed by atoms with Gasteiger partial charge in [-0.1, -0.05) is 88.8 Å². The lowest BCUT2D eigenvalue weighted by Gasteiger charge is -2.48. The molecule has 4 heteroatoms. The Hall–Kier alpha value is -1.72. The molecule has 0 atom stereocenters. The number of rotatable bonds is 18.